The molecule has 2 nitrogen and oxygen atoms in total. The minimum atomic E-state index is 0.251. The number of aryl methyl sites for hydroxylation is 1. The van der Waals surface area contributed by atoms with Crippen LogP contribution in [0.25, 0.3) is 0 Å². The molecule has 0 bridgehead atoms. The Morgan fingerprint density at radius 1 is 0.750 bits per heavy atom. The van der Waals surface area contributed by atoms with Crippen molar-refractivity contribution in [1.29, 1.82) is 0 Å². The van der Waals surface area contributed by atoms with Crippen LogP contribution in [0, 0.1) is 6.92 Å². The first-order valence-electron chi connectivity index (χ1n) is 10.7. The zero-order chi connectivity index (χ0) is 20.6. The summed E-state index contributed by atoms with van der Waals surface area (Å²) in [7, 11) is 0. The Bertz CT molecular complexity index is 831. The van der Waals surface area contributed by atoms with Gasteiger partial charge in [-0.2, -0.15) is 0 Å². The number of hydrogen-bond acceptors (Lipinski definition) is 2. The van der Waals surface area contributed by atoms with Crippen molar-refractivity contribution in [3.05, 3.63) is 71.1 Å². The number of benzene rings is 2. The van der Waals surface area contributed by atoms with Gasteiger partial charge in [-0.15, -0.1) is 0 Å². The highest BCUT2D eigenvalue weighted by Crippen LogP contribution is 2.41. The van der Waals surface area contributed by atoms with Gasteiger partial charge >= 0.3 is 0 Å². The monoisotopic (exact) mass is 376 g/mol. The van der Waals surface area contributed by atoms with E-state index in [1.54, 1.807) is 0 Å². The lowest BCUT2D eigenvalue weighted by molar-refractivity contribution is 0.723. The first-order valence-corrected chi connectivity index (χ1v) is 10.7. The molecule has 28 heavy (non-hydrogen) atoms. The van der Waals surface area contributed by atoms with E-state index >= 15 is 0 Å². The molecule has 1 atom stereocenters. The second-order valence-electron chi connectivity index (χ2n) is 9.04. The standard InChI is InChI=1S/C26H36N2/c1-17(2)22-15-23(18(3)4)26(24(16-22)19(5)6)28-14-13-27(21(28)8)25-12-10-9-11-20(25)7/h9-19,21H,1-8H3/t21-/m1/s1. The first kappa shape index (κ1) is 20.5. The lowest BCUT2D eigenvalue weighted by Crippen LogP contribution is -2.37. The number of anilines is 2. The van der Waals surface area contributed by atoms with Crippen molar-refractivity contribution in [2.75, 3.05) is 9.80 Å². The van der Waals surface area contributed by atoms with Crippen LogP contribution in [0.3, 0.4) is 0 Å². The van der Waals surface area contributed by atoms with Crippen LogP contribution in [0.4, 0.5) is 11.4 Å². The second kappa shape index (κ2) is 8.03. The zero-order valence-corrected chi connectivity index (χ0v) is 18.8. The Kier molecular flexibility index (Phi) is 5.88. The smallest absolute Gasteiger partial charge is 0.107 e. The van der Waals surface area contributed by atoms with E-state index in [0.29, 0.717) is 17.8 Å². The fraction of sp³-hybridized carbons (Fsp3) is 0.462. The summed E-state index contributed by atoms with van der Waals surface area (Å²) >= 11 is 0. The van der Waals surface area contributed by atoms with Gasteiger partial charge in [-0.25, -0.2) is 0 Å². The summed E-state index contributed by atoms with van der Waals surface area (Å²) in [6.07, 6.45) is 4.75. The van der Waals surface area contributed by atoms with Crippen molar-refractivity contribution in [2.45, 2.75) is 79.3 Å². The number of para-hydroxylation sites is 1. The van der Waals surface area contributed by atoms with Gasteiger partial charge in [0, 0.05) is 23.8 Å². The van der Waals surface area contributed by atoms with Crippen LogP contribution in [-0.2, 0) is 0 Å². The van der Waals surface area contributed by atoms with Crippen molar-refractivity contribution >= 4 is 11.4 Å². The molecular formula is C26H36N2. The van der Waals surface area contributed by atoms with Gasteiger partial charge in [0.15, 0.2) is 0 Å². The predicted octanol–water partition coefficient (Wildman–Crippen LogP) is 7.51. The third-order valence-corrected chi connectivity index (χ3v) is 5.95. The molecule has 0 spiro atoms. The molecule has 2 aromatic carbocycles. The van der Waals surface area contributed by atoms with Crippen LogP contribution < -0.4 is 9.80 Å². The van der Waals surface area contributed by atoms with Crippen LogP contribution in [-0.4, -0.2) is 6.17 Å². The van der Waals surface area contributed by atoms with Gasteiger partial charge in [0.1, 0.15) is 6.17 Å². The number of nitrogens with zero attached hydrogens (tertiary/aromatic N) is 2. The lowest BCUT2D eigenvalue weighted by atomic mass is 9.87. The average Bonchev–Trinajstić information content (AvgIpc) is 3.01. The highest BCUT2D eigenvalue weighted by atomic mass is 15.4. The Labute approximate surface area is 171 Å². The molecule has 2 heteroatoms. The van der Waals surface area contributed by atoms with Gasteiger partial charge in [-0.1, -0.05) is 71.9 Å². The van der Waals surface area contributed by atoms with Crippen molar-refractivity contribution in [2.24, 2.45) is 0 Å². The molecule has 0 saturated carbocycles. The molecular weight excluding hydrogens is 340 g/mol. The molecule has 0 amide bonds. The van der Waals surface area contributed by atoms with Gasteiger partial charge in [-0.3, -0.25) is 0 Å². The van der Waals surface area contributed by atoms with Crippen LogP contribution in [0.2, 0.25) is 0 Å². The second-order valence-corrected chi connectivity index (χ2v) is 9.04. The van der Waals surface area contributed by atoms with E-state index < -0.39 is 0 Å². The average molecular weight is 377 g/mol. The minimum absolute atomic E-state index is 0.251. The van der Waals surface area contributed by atoms with E-state index in [9.17, 15) is 0 Å². The Morgan fingerprint density at radius 3 is 1.79 bits per heavy atom. The molecule has 0 aliphatic carbocycles. The number of rotatable bonds is 5. The largest absolute Gasteiger partial charge is 0.325 e. The molecule has 0 aromatic heterocycles. The molecule has 3 rings (SSSR count). The minimum Gasteiger partial charge on any atom is -0.325 e. The topological polar surface area (TPSA) is 6.48 Å². The Hall–Kier alpha value is -2.22. The maximum absolute atomic E-state index is 2.47. The summed E-state index contributed by atoms with van der Waals surface area (Å²) in [5.41, 5.74) is 8.35. The van der Waals surface area contributed by atoms with Crippen LogP contribution in [0.5, 0.6) is 0 Å². The third kappa shape index (κ3) is 3.70. The highest BCUT2D eigenvalue weighted by Gasteiger charge is 2.30. The molecule has 0 fully saturated rings. The molecule has 1 aliphatic rings. The van der Waals surface area contributed by atoms with Crippen molar-refractivity contribution < 1.29 is 0 Å². The van der Waals surface area contributed by atoms with Gasteiger partial charge in [0.2, 0.25) is 0 Å². The van der Waals surface area contributed by atoms with Crippen molar-refractivity contribution in [3.63, 3.8) is 0 Å². The molecule has 0 N–H and O–H groups in total. The molecule has 0 radical (unpaired) electrons. The van der Waals surface area contributed by atoms with E-state index in [0.717, 1.165) is 0 Å². The summed E-state index contributed by atoms with van der Waals surface area (Å²) in [5.74, 6) is 1.51. The summed E-state index contributed by atoms with van der Waals surface area (Å²) in [4.78, 5) is 4.86. The summed E-state index contributed by atoms with van der Waals surface area (Å²) in [5, 5.41) is 0. The fourth-order valence-corrected chi connectivity index (χ4v) is 4.14. The first-order chi connectivity index (χ1) is 13.2. The summed E-state index contributed by atoms with van der Waals surface area (Å²) < 4.78 is 0. The van der Waals surface area contributed by atoms with Crippen molar-refractivity contribution in [1.82, 2.24) is 0 Å². The van der Waals surface area contributed by atoms with E-state index in [4.69, 9.17) is 0 Å². The highest BCUT2D eigenvalue weighted by molar-refractivity contribution is 5.70. The van der Waals surface area contributed by atoms with Gasteiger partial charge in [0.05, 0.1) is 0 Å². The van der Waals surface area contributed by atoms with Crippen LogP contribution in [0.15, 0.2) is 48.8 Å². The maximum Gasteiger partial charge on any atom is 0.107 e. The van der Waals surface area contributed by atoms with Crippen LogP contribution >= 0.6 is 0 Å². The molecule has 150 valence electrons. The molecule has 1 heterocycles. The quantitative estimate of drug-likeness (QED) is 0.533. The van der Waals surface area contributed by atoms with Crippen molar-refractivity contribution in [3.8, 4) is 0 Å². The Morgan fingerprint density at radius 2 is 1.29 bits per heavy atom. The number of hydrogen-bond donors (Lipinski definition) is 0. The predicted molar refractivity (Wildman–Crippen MR) is 123 cm³/mol. The van der Waals surface area contributed by atoms with E-state index in [2.05, 4.69) is 114 Å². The maximum atomic E-state index is 2.47. The van der Waals surface area contributed by atoms with Gasteiger partial charge in [-0.05, 0) is 59.9 Å². The molecule has 0 unspecified atom stereocenters. The zero-order valence-electron chi connectivity index (χ0n) is 18.8. The molecule has 0 saturated heterocycles. The lowest BCUT2D eigenvalue weighted by Gasteiger charge is -2.35. The molecule has 2 aromatic rings. The SMILES string of the molecule is Cc1ccccc1N1C=CN(c2c(C(C)C)cc(C(C)C)cc2C(C)C)[C@@H]1C. The van der Waals surface area contributed by atoms with E-state index in [1.165, 1.54) is 33.6 Å². The van der Waals surface area contributed by atoms with E-state index in [-0.39, 0.29) is 6.17 Å². The summed E-state index contributed by atoms with van der Waals surface area (Å²) in [6.45, 7) is 18.3. The van der Waals surface area contributed by atoms with Gasteiger partial charge in [0.25, 0.3) is 0 Å². The molecule has 1 aliphatic heterocycles. The Balaban J connectivity index is 2.11. The van der Waals surface area contributed by atoms with Crippen LogP contribution in [0.1, 0.15) is 88.5 Å². The van der Waals surface area contributed by atoms with Gasteiger partial charge < -0.3 is 9.80 Å². The summed E-state index contributed by atoms with van der Waals surface area (Å²) in [6, 6.07) is 13.5. The fourth-order valence-electron chi connectivity index (χ4n) is 4.14. The normalized spacial score (nSPS) is 16.9. The third-order valence-electron chi connectivity index (χ3n) is 5.95. The van der Waals surface area contributed by atoms with E-state index in [1.807, 2.05) is 0 Å².